The van der Waals surface area contributed by atoms with Crippen LogP contribution < -0.4 is 10.9 Å². The van der Waals surface area contributed by atoms with Gasteiger partial charge in [0.05, 0.1) is 24.7 Å². The third-order valence-electron chi connectivity index (χ3n) is 3.59. The number of carbonyl (C=O) groups excluding carboxylic acids is 1. The lowest BCUT2D eigenvalue weighted by atomic mass is 10.1. The third-order valence-corrected chi connectivity index (χ3v) is 3.59. The van der Waals surface area contributed by atoms with E-state index in [9.17, 15) is 9.59 Å². The van der Waals surface area contributed by atoms with Crippen LogP contribution in [0.4, 0.5) is 0 Å². The Labute approximate surface area is 140 Å². The molecule has 0 radical (unpaired) electrons. The second-order valence-electron chi connectivity index (χ2n) is 6.88. The average Bonchev–Trinajstić information content (AvgIpc) is 2.91. The summed E-state index contributed by atoms with van der Waals surface area (Å²) in [6, 6.07) is -0.0650. The van der Waals surface area contributed by atoms with Gasteiger partial charge in [-0.2, -0.15) is 5.10 Å². The molecule has 24 heavy (non-hydrogen) atoms. The number of hydrogen-bond donors (Lipinski definition) is 1. The molecule has 2 rings (SSSR count). The lowest BCUT2D eigenvalue weighted by Crippen LogP contribution is -2.36. The molecule has 0 aliphatic carbocycles. The minimum Gasteiger partial charge on any atom is -0.383 e. The van der Waals surface area contributed by atoms with Gasteiger partial charge in [-0.1, -0.05) is 0 Å². The molecule has 2 aromatic rings. The fourth-order valence-corrected chi connectivity index (χ4v) is 2.46. The van der Waals surface area contributed by atoms with Crippen LogP contribution in [0.3, 0.4) is 0 Å². The van der Waals surface area contributed by atoms with Crippen molar-refractivity contribution in [3.05, 3.63) is 22.9 Å². The maximum absolute atomic E-state index is 12.5. The first-order valence-electron chi connectivity index (χ1n) is 7.96. The average molecular weight is 335 g/mol. The van der Waals surface area contributed by atoms with Crippen molar-refractivity contribution in [2.75, 3.05) is 13.7 Å². The number of nitrogens with one attached hydrogen (secondary N) is 1. The maximum atomic E-state index is 12.5. The van der Waals surface area contributed by atoms with Gasteiger partial charge in [0, 0.05) is 26.1 Å². The molecule has 132 valence electrons. The number of aromatic nitrogens is 4. The van der Waals surface area contributed by atoms with Crippen LogP contribution in [-0.2, 0) is 21.6 Å². The topological polar surface area (TPSA) is 91.0 Å². The molecule has 0 aliphatic rings. The SMILES string of the molecule is COC[C@@H](C)NC(=O)CCn1cnc2c(cnn2C(C)(C)C)c1=O. The highest BCUT2D eigenvalue weighted by Crippen LogP contribution is 2.17. The van der Waals surface area contributed by atoms with E-state index in [0.29, 0.717) is 17.6 Å². The zero-order chi connectivity index (χ0) is 17.9. The van der Waals surface area contributed by atoms with Crippen LogP contribution in [0.5, 0.6) is 0 Å². The molecule has 0 saturated carbocycles. The Bertz CT molecular complexity index is 772. The molecule has 0 unspecified atom stereocenters. The summed E-state index contributed by atoms with van der Waals surface area (Å²) >= 11 is 0. The van der Waals surface area contributed by atoms with E-state index < -0.39 is 0 Å². The van der Waals surface area contributed by atoms with E-state index in [0.717, 1.165) is 0 Å². The maximum Gasteiger partial charge on any atom is 0.264 e. The molecule has 2 aromatic heterocycles. The van der Waals surface area contributed by atoms with Crippen LogP contribution in [0.25, 0.3) is 11.0 Å². The van der Waals surface area contributed by atoms with Gasteiger partial charge in [-0.15, -0.1) is 0 Å². The van der Waals surface area contributed by atoms with Crippen molar-refractivity contribution in [2.24, 2.45) is 0 Å². The van der Waals surface area contributed by atoms with Crippen molar-refractivity contribution >= 4 is 16.9 Å². The second kappa shape index (κ2) is 7.12. The fourth-order valence-electron chi connectivity index (χ4n) is 2.46. The molecule has 8 heteroatoms. The van der Waals surface area contributed by atoms with Crippen LogP contribution in [0.15, 0.2) is 17.3 Å². The minimum absolute atomic E-state index is 0.0650. The number of carbonyl (C=O) groups is 1. The molecular weight excluding hydrogens is 310 g/mol. The number of hydrogen-bond acceptors (Lipinski definition) is 5. The Hall–Kier alpha value is -2.22. The van der Waals surface area contributed by atoms with Gasteiger partial charge in [0.15, 0.2) is 5.65 Å². The highest BCUT2D eigenvalue weighted by molar-refractivity contribution is 5.76. The van der Waals surface area contributed by atoms with E-state index in [1.165, 1.54) is 17.1 Å². The zero-order valence-electron chi connectivity index (χ0n) is 14.9. The molecule has 1 amide bonds. The van der Waals surface area contributed by atoms with Crippen LogP contribution in [0.1, 0.15) is 34.1 Å². The molecule has 0 spiro atoms. The molecule has 1 atom stereocenters. The first-order chi connectivity index (χ1) is 11.2. The minimum atomic E-state index is -0.259. The van der Waals surface area contributed by atoms with Gasteiger partial charge in [0.2, 0.25) is 5.91 Å². The van der Waals surface area contributed by atoms with Gasteiger partial charge in [0.25, 0.3) is 5.56 Å². The van der Waals surface area contributed by atoms with E-state index in [1.54, 1.807) is 11.8 Å². The predicted molar refractivity (Wildman–Crippen MR) is 90.9 cm³/mol. The van der Waals surface area contributed by atoms with Gasteiger partial charge in [-0.25, -0.2) is 9.67 Å². The predicted octanol–water partition coefficient (Wildman–Crippen LogP) is 0.889. The number of rotatable bonds is 6. The standard InChI is InChI=1S/C16H25N5O3/c1-11(9-24-5)19-13(22)6-7-20-10-17-14-12(15(20)23)8-18-21(14)16(2,3)4/h8,10-11H,6-7,9H2,1-5H3,(H,19,22)/t11-/m1/s1. The molecule has 1 N–H and O–H groups in total. The normalized spacial score (nSPS) is 13.2. The smallest absolute Gasteiger partial charge is 0.264 e. The first kappa shape index (κ1) is 18.1. The van der Waals surface area contributed by atoms with Crippen LogP contribution >= 0.6 is 0 Å². The van der Waals surface area contributed by atoms with E-state index in [2.05, 4.69) is 15.4 Å². The molecule has 0 aromatic carbocycles. The third kappa shape index (κ3) is 4.00. The number of nitrogens with zero attached hydrogens (tertiary/aromatic N) is 4. The Morgan fingerprint density at radius 2 is 2.12 bits per heavy atom. The van der Waals surface area contributed by atoms with Gasteiger partial charge in [-0.05, 0) is 27.7 Å². The summed E-state index contributed by atoms with van der Waals surface area (Å²) in [5.74, 6) is -0.128. The molecule has 8 nitrogen and oxygen atoms in total. The second-order valence-corrected chi connectivity index (χ2v) is 6.88. The lowest BCUT2D eigenvalue weighted by molar-refractivity contribution is -0.122. The Morgan fingerprint density at radius 3 is 2.75 bits per heavy atom. The summed E-state index contributed by atoms with van der Waals surface area (Å²) in [5.41, 5.74) is 0.111. The van der Waals surface area contributed by atoms with Crippen molar-refractivity contribution in [3.8, 4) is 0 Å². The number of fused-ring (bicyclic) bond motifs is 1. The number of amides is 1. The Morgan fingerprint density at radius 1 is 1.42 bits per heavy atom. The molecule has 0 fully saturated rings. The highest BCUT2D eigenvalue weighted by Gasteiger charge is 2.19. The van der Waals surface area contributed by atoms with Gasteiger partial charge in [-0.3, -0.25) is 14.2 Å². The Balaban J connectivity index is 2.13. The largest absolute Gasteiger partial charge is 0.383 e. The van der Waals surface area contributed by atoms with Crippen molar-refractivity contribution in [3.63, 3.8) is 0 Å². The van der Waals surface area contributed by atoms with E-state index in [4.69, 9.17) is 4.74 Å². The van der Waals surface area contributed by atoms with E-state index in [-0.39, 0.29) is 36.0 Å². The number of ether oxygens (including phenoxy) is 1. The van der Waals surface area contributed by atoms with Gasteiger partial charge in [0.1, 0.15) is 5.39 Å². The quantitative estimate of drug-likeness (QED) is 0.846. The molecular formula is C16H25N5O3. The molecule has 0 saturated heterocycles. The van der Waals surface area contributed by atoms with Crippen molar-refractivity contribution in [1.82, 2.24) is 24.6 Å². The van der Waals surface area contributed by atoms with Crippen LogP contribution in [0, 0.1) is 0 Å². The summed E-state index contributed by atoms with van der Waals surface area (Å²) in [7, 11) is 1.58. The van der Waals surface area contributed by atoms with Crippen LogP contribution in [0.2, 0.25) is 0 Å². The number of aryl methyl sites for hydroxylation is 1. The molecule has 0 bridgehead atoms. The highest BCUT2D eigenvalue weighted by atomic mass is 16.5. The molecule has 0 aliphatic heterocycles. The van der Waals surface area contributed by atoms with E-state index in [1.807, 2.05) is 27.7 Å². The zero-order valence-corrected chi connectivity index (χ0v) is 14.9. The summed E-state index contributed by atoms with van der Waals surface area (Å²) in [5, 5.41) is 7.55. The first-order valence-corrected chi connectivity index (χ1v) is 7.96. The van der Waals surface area contributed by atoms with Gasteiger partial charge >= 0.3 is 0 Å². The number of methoxy groups -OCH3 is 1. The summed E-state index contributed by atoms with van der Waals surface area (Å²) in [4.78, 5) is 28.8. The van der Waals surface area contributed by atoms with E-state index >= 15 is 0 Å². The monoisotopic (exact) mass is 335 g/mol. The summed E-state index contributed by atoms with van der Waals surface area (Å²) < 4.78 is 8.15. The van der Waals surface area contributed by atoms with Crippen molar-refractivity contribution < 1.29 is 9.53 Å². The van der Waals surface area contributed by atoms with Gasteiger partial charge < -0.3 is 10.1 Å². The van der Waals surface area contributed by atoms with Crippen LogP contribution in [-0.4, -0.2) is 45.0 Å². The summed E-state index contributed by atoms with van der Waals surface area (Å²) in [6.07, 6.45) is 3.21. The fraction of sp³-hybridized carbons (Fsp3) is 0.625. The lowest BCUT2D eigenvalue weighted by Gasteiger charge is -2.19. The Kier molecular flexibility index (Phi) is 5.38. The van der Waals surface area contributed by atoms with Crippen molar-refractivity contribution in [2.45, 2.75) is 52.2 Å². The summed E-state index contributed by atoms with van der Waals surface area (Å²) in [6.45, 7) is 8.58. The molecule has 2 heterocycles. The van der Waals surface area contributed by atoms with Crippen molar-refractivity contribution in [1.29, 1.82) is 0 Å².